The molecule has 0 amide bonds. The molecule has 2 aromatic rings. The Kier molecular flexibility index (Phi) is 4.62. The molecule has 0 bridgehead atoms. The third-order valence-electron chi connectivity index (χ3n) is 2.78. The van der Waals surface area contributed by atoms with Crippen LogP contribution in [-0.2, 0) is 12.6 Å². The quantitative estimate of drug-likeness (QED) is 0.921. The molecule has 0 fully saturated rings. The van der Waals surface area contributed by atoms with Crippen molar-refractivity contribution in [3.63, 3.8) is 0 Å². The summed E-state index contributed by atoms with van der Waals surface area (Å²) in [7, 11) is 1.58. The Morgan fingerprint density at radius 3 is 2.76 bits per heavy atom. The molecule has 21 heavy (non-hydrogen) atoms. The summed E-state index contributed by atoms with van der Waals surface area (Å²) in [6.45, 7) is 0.425. The van der Waals surface area contributed by atoms with Gasteiger partial charge in [0.2, 0.25) is 5.95 Å². The lowest BCUT2D eigenvalue weighted by Crippen LogP contribution is -2.13. The van der Waals surface area contributed by atoms with Gasteiger partial charge in [0.25, 0.3) is 0 Å². The van der Waals surface area contributed by atoms with Crippen LogP contribution in [0.25, 0.3) is 0 Å². The summed E-state index contributed by atoms with van der Waals surface area (Å²) in [5.74, 6) is 0.704. The van der Waals surface area contributed by atoms with Gasteiger partial charge in [-0.25, -0.2) is 9.97 Å². The smallest absolute Gasteiger partial charge is 0.433 e. The van der Waals surface area contributed by atoms with Gasteiger partial charge in [-0.05, 0) is 30.2 Å². The maximum Gasteiger partial charge on any atom is 0.433 e. The number of hydrogen-bond donors (Lipinski definition) is 1. The lowest BCUT2D eigenvalue weighted by molar-refractivity contribution is -0.141. The van der Waals surface area contributed by atoms with Gasteiger partial charge in [0.1, 0.15) is 11.4 Å². The maximum atomic E-state index is 12.5. The average Bonchev–Trinajstić information content (AvgIpc) is 2.47. The summed E-state index contributed by atoms with van der Waals surface area (Å²) < 4.78 is 42.6. The van der Waals surface area contributed by atoms with Crippen molar-refractivity contribution in [1.29, 1.82) is 0 Å². The topological polar surface area (TPSA) is 47.0 Å². The predicted octanol–water partition coefficient (Wildman–Crippen LogP) is 3.16. The Hall–Kier alpha value is -2.31. The highest BCUT2D eigenvalue weighted by molar-refractivity contribution is 5.30. The number of anilines is 1. The van der Waals surface area contributed by atoms with Gasteiger partial charge in [0.05, 0.1) is 7.11 Å². The van der Waals surface area contributed by atoms with Gasteiger partial charge in [0.15, 0.2) is 0 Å². The summed E-state index contributed by atoms with van der Waals surface area (Å²) in [5, 5.41) is 2.78. The molecule has 4 nitrogen and oxygen atoms in total. The van der Waals surface area contributed by atoms with Crippen molar-refractivity contribution in [3.05, 3.63) is 47.8 Å². The number of halogens is 3. The molecule has 0 aliphatic heterocycles. The van der Waals surface area contributed by atoms with Crippen molar-refractivity contribution in [3.8, 4) is 5.75 Å². The van der Waals surface area contributed by atoms with Crippen LogP contribution >= 0.6 is 0 Å². The fourth-order valence-corrected chi connectivity index (χ4v) is 1.75. The van der Waals surface area contributed by atoms with Gasteiger partial charge in [-0.1, -0.05) is 12.1 Å². The second kappa shape index (κ2) is 6.43. The zero-order valence-electron chi connectivity index (χ0n) is 11.3. The van der Waals surface area contributed by atoms with Gasteiger partial charge in [0, 0.05) is 12.7 Å². The number of alkyl halides is 3. The SMILES string of the molecule is COc1cccc(CCNc2nccc(C(F)(F)F)n2)c1. The molecule has 0 atom stereocenters. The van der Waals surface area contributed by atoms with E-state index in [2.05, 4.69) is 15.3 Å². The van der Waals surface area contributed by atoms with E-state index < -0.39 is 11.9 Å². The first kappa shape index (κ1) is 15.1. The molecular formula is C14H14F3N3O. The fourth-order valence-electron chi connectivity index (χ4n) is 1.75. The molecule has 7 heteroatoms. The number of hydrogen-bond acceptors (Lipinski definition) is 4. The van der Waals surface area contributed by atoms with E-state index >= 15 is 0 Å². The Morgan fingerprint density at radius 2 is 2.05 bits per heavy atom. The van der Waals surface area contributed by atoms with Gasteiger partial charge in [-0.15, -0.1) is 0 Å². The standard InChI is InChI=1S/C14H14F3N3O/c1-21-11-4-2-3-10(9-11)5-7-18-13-19-8-6-12(20-13)14(15,16)17/h2-4,6,8-9H,5,7H2,1H3,(H,18,19,20). The largest absolute Gasteiger partial charge is 0.497 e. The third-order valence-corrected chi connectivity index (χ3v) is 2.78. The van der Waals surface area contributed by atoms with Crippen molar-refractivity contribution in [1.82, 2.24) is 9.97 Å². The number of ether oxygens (including phenoxy) is 1. The molecular weight excluding hydrogens is 283 g/mol. The third kappa shape index (κ3) is 4.34. The Labute approximate surface area is 120 Å². The van der Waals surface area contributed by atoms with E-state index in [9.17, 15) is 13.2 Å². The first-order chi connectivity index (χ1) is 9.99. The minimum atomic E-state index is -4.47. The highest BCUT2D eigenvalue weighted by Crippen LogP contribution is 2.27. The Morgan fingerprint density at radius 1 is 1.24 bits per heavy atom. The number of nitrogens with zero attached hydrogens (tertiary/aromatic N) is 2. The van der Waals surface area contributed by atoms with Crippen molar-refractivity contribution in [2.45, 2.75) is 12.6 Å². The van der Waals surface area contributed by atoms with Gasteiger partial charge in [-0.3, -0.25) is 0 Å². The van der Waals surface area contributed by atoms with Crippen LogP contribution in [0.4, 0.5) is 19.1 Å². The van der Waals surface area contributed by atoms with Crippen molar-refractivity contribution in [2.24, 2.45) is 0 Å². The van der Waals surface area contributed by atoms with E-state index in [1.165, 1.54) is 0 Å². The monoisotopic (exact) mass is 297 g/mol. The number of nitrogens with one attached hydrogen (secondary N) is 1. The Balaban J connectivity index is 1.94. The number of benzene rings is 1. The van der Waals surface area contributed by atoms with Gasteiger partial charge in [-0.2, -0.15) is 13.2 Å². The van der Waals surface area contributed by atoms with Crippen molar-refractivity contribution in [2.75, 3.05) is 19.0 Å². The summed E-state index contributed by atoms with van der Waals surface area (Å²) >= 11 is 0. The molecule has 2 rings (SSSR count). The zero-order valence-corrected chi connectivity index (χ0v) is 11.3. The van der Waals surface area contributed by atoms with Crippen LogP contribution in [0, 0.1) is 0 Å². The molecule has 1 aromatic heterocycles. The summed E-state index contributed by atoms with van der Waals surface area (Å²) in [6.07, 6.45) is -2.76. The molecule has 0 aliphatic rings. The molecule has 0 aliphatic carbocycles. The molecule has 112 valence electrons. The van der Waals surface area contributed by atoms with Gasteiger partial charge >= 0.3 is 6.18 Å². The van der Waals surface area contributed by atoms with Gasteiger partial charge < -0.3 is 10.1 Å². The zero-order chi connectivity index (χ0) is 15.3. The molecule has 0 saturated heterocycles. The van der Waals surface area contributed by atoms with E-state index in [-0.39, 0.29) is 5.95 Å². The fraction of sp³-hybridized carbons (Fsp3) is 0.286. The highest BCUT2D eigenvalue weighted by atomic mass is 19.4. The van der Waals surface area contributed by atoms with Crippen LogP contribution in [0.1, 0.15) is 11.3 Å². The molecule has 0 spiro atoms. The van der Waals surface area contributed by atoms with Crippen LogP contribution in [-0.4, -0.2) is 23.6 Å². The summed E-state index contributed by atoms with van der Waals surface area (Å²) in [4.78, 5) is 7.21. The minimum absolute atomic E-state index is 0.0345. The highest BCUT2D eigenvalue weighted by Gasteiger charge is 2.32. The van der Waals surface area contributed by atoms with Crippen LogP contribution in [0.2, 0.25) is 0 Å². The minimum Gasteiger partial charge on any atom is -0.497 e. The van der Waals surface area contributed by atoms with Crippen LogP contribution in [0.15, 0.2) is 36.5 Å². The van der Waals surface area contributed by atoms with E-state index in [4.69, 9.17) is 4.74 Å². The van der Waals surface area contributed by atoms with E-state index in [1.807, 2.05) is 24.3 Å². The van der Waals surface area contributed by atoms with Crippen molar-refractivity contribution < 1.29 is 17.9 Å². The lowest BCUT2D eigenvalue weighted by atomic mass is 10.1. The second-order valence-electron chi connectivity index (χ2n) is 4.29. The lowest BCUT2D eigenvalue weighted by Gasteiger charge is -2.09. The maximum absolute atomic E-state index is 12.5. The first-order valence-electron chi connectivity index (χ1n) is 6.26. The van der Waals surface area contributed by atoms with Crippen LogP contribution < -0.4 is 10.1 Å². The summed E-state index contributed by atoms with van der Waals surface area (Å²) in [5.41, 5.74) is 0.0511. The number of methoxy groups -OCH3 is 1. The predicted molar refractivity (Wildman–Crippen MR) is 72.2 cm³/mol. The molecule has 0 radical (unpaired) electrons. The molecule has 0 unspecified atom stereocenters. The normalized spacial score (nSPS) is 11.2. The Bertz CT molecular complexity index is 602. The molecule has 1 N–H and O–H groups in total. The molecule has 1 aromatic carbocycles. The van der Waals surface area contributed by atoms with Crippen LogP contribution in [0.3, 0.4) is 0 Å². The van der Waals surface area contributed by atoms with E-state index in [1.54, 1.807) is 7.11 Å². The molecule has 0 saturated carbocycles. The first-order valence-corrected chi connectivity index (χ1v) is 6.26. The van der Waals surface area contributed by atoms with Crippen molar-refractivity contribution >= 4 is 5.95 Å². The number of rotatable bonds is 5. The van der Waals surface area contributed by atoms with E-state index in [0.29, 0.717) is 13.0 Å². The average molecular weight is 297 g/mol. The van der Waals surface area contributed by atoms with E-state index in [0.717, 1.165) is 23.6 Å². The van der Waals surface area contributed by atoms with Crippen LogP contribution in [0.5, 0.6) is 5.75 Å². The molecule has 1 heterocycles. The number of aromatic nitrogens is 2. The second-order valence-corrected chi connectivity index (χ2v) is 4.29. The summed E-state index contributed by atoms with van der Waals surface area (Å²) in [6, 6.07) is 8.31.